The van der Waals surface area contributed by atoms with Crippen molar-refractivity contribution in [3.63, 3.8) is 0 Å². The summed E-state index contributed by atoms with van der Waals surface area (Å²) in [6, 6.07) is 6.76. The van der Waals surface area contributed by atoms with E-state index in [4.69, 9.17) is 0 Å². The van der Waals surface area contributed by atoms with Gasteiger partial charge in [0.15, 0.2) is 0 Å². The number of rotatable bonds is 22. The number of imidazole rings is 1. The molecule has 2 atom stereocenters. The number of carboxylic acid groups (broad SMARTS) is 1. The van der Waals surface area contributed by atoms with E-state index < -0.39 is 29.9 Å². The number of H-pyrrole nitrogens is 1. The molecule has 0 aliphatic carbocycles. The number of benzene rings is 1. The van der Waals surface area contributed by atoms with Crippen molar-refractivity contribution >= 4 is 23.7 Å². The second-order valence-electron chi connectivity index (χ2n) is 10.6. The van der Waals surface area contributed by atoms with Crippen molar-refractivity contribution < 1.29 is 24.3 Å². The van der Waals surface area contributed by atoms with E-state index in [1.807, 2.05) is 6.07 Å². The highest BCUT2D eigenvalue weighted by molar-refractivity contribution is 5.92. The van der Waals surface area contributed by atoms with Crippen LogP contribution in [0.1, 0.15) is 95.2 Å². The molecule has 1 aromatic carbocycles. The Balaban J connectivity index is 1.73. The zero-order valence-electron chi connectivity index (χ0n) is 24.3. The normalized spacial score (nSPS) is 12.3. The molecule has 0 unspecified atom stereocenters. The van der Waals surface area contributed by atoms with Crippen LogP contribution in [0.2, 0.25) is 0 Å². The smallest absolute Gasteiger partial charge is 0.326 e. The number of aromatic amines is 1. The Bertz CT molecular complexity index is 1030. The predicted molar refractivity (Wildman–Crippen MR) is 158 cm³/mol. The highest BCUT2D eigenvalue weighted by atomic mass is 16.4. The number of nitrogens with zero attached hydrogens (tertiary/aromatic N) is 1. The van der Waals surface area contributed by atoms with Gasteiger partial charge in [-0.3, -0.25) is 14.4 Å². The molecule has 1 aromatic heterocycles. The minimum Gasteiger partial charge on any atom is -0.480 e. The quantitative estimate of drug-likeness (QED) is 0.135. The molecule has 2 aromatic rings. The first-order chi connectivity index (χ1) is 19.9. The number of aromatic nitrogens is 2. The minimum absolute atomic E-state index is 0.0853. The number of carbonyl (C=O) groups is 4. The fourth-order valence-corrected chi connectivity index (χ4v) is 4.61. The van der Waals surface area contributed by atoms with E-state index in [1.165, 1.54) is 63.9 Å². The van der Waals surface area contributed by atoms with Crippen LogP contribution in [0.3, 0.4) is 0 Å². The Morgan fingerprint density at radius 3 is 2.02 bits per heavy atom. The lowest BCUT2D eigenvalue weighted by molar-refractivity contribution is -0.142. The third kappa shape index (κ3) is 15.0. The first-order valence-electron chi connectivity index (χ1n) is 15.0. The van der Waals surface area contributed by atoms with E-state index in [9.17, 15) is 24.3 Å². The summed E-state index contributed by atoms with van der Waals surface area (Å²) in [6.45, 7) is 1.96. The van der Waals surface area contributed by atoms with Crippen molar-refractivity contribution in [2.45, 2.75) is 109 Å². The molecule has 0 spiro atoms. The maximum Gasteiger partial charge on any atom is 0.326 e. The van der Waals surface area contributed by atoms with Gasteiger partial charge in [-0.2, -0.15) is 0 Å². The Morgan fingerprint density at radius 2 is 1.44 bits per heavy atom. The number of aliphatic carboxylic acids is 1. The number of nitrogens with one attached hydrogen (secondary N) is 4. The lowest BCUT2D eigenvalue weighted by Gasteiger charge is -2.21. The van der Waals surface area contributed by atoms with Crippen LogP contribution in [0.25, 0.3) is 0 Å². The van der Waals surface area contributed by atoms with E-state index in [2.05, 4.69) is 32.8 Å². The Hall–Kier alpha value is -3.69. The van der Waals surface area contributed by atoms with Crippen LogP contribution in [0.15, 0.2) is 42.9 Å². The second kappa shape index (κ2) is 20.2. The number of unbranched alkanes of at least 4 members (excludes halogenated alkanes) is 10. The molecule has 0 aliphatic heterocycles. The number of hydrogen-bond donors (Lipinski definition) is 5. The summed E-state index contributed by atoms with van der Waals surface area (Å²) in [7, 11) is 0. The molecule has 0 fully saturated rings. The highest BCUT2D eigenvalue weighted by Crippen LogP contribution is 2.12. The summed E-state index contributed by atoms with van der Waals surface area (Å²) in [5.41, 5.74) is 1.36. The van der Waals surface area contributed by atoms with Gasteiger partial charge >= 0.3 is 5.97 Å². The van der Waals surface area contributed by atoms with Crippen LogP contribution in [0.4, 0.5) is 0 Å². The zero-order chi connectivity index (χ0) is 29.7. The van der Waals surface area contributed by atoms with E-state index >= 15 is 0 Å². The minimum atomic E-state index is -1.18. The Kier molecular flexibility index (Phi) is 16.5. The highest BCUT2D eigenvalue weighted by Gasteiger charge is 2.27. The van der Waals surface area contributed by atoms with Crippen molar-refractivity contribution in [1.82, 2.24) is 25.9 Å². The van der Waals surface area contributed by atoms with Crippen molar-refractivity contribution in [3.05, 3.63) is 54.1 Å². The first kappa shape index (κ1) is 33.5. The van der Waals surface area contributed by atoms with Gasteiger partial charge in [0.2, 0.25) is 17.7 Å². The molecule has 226 valence electrons. The zero-order valence-corrected chi connectivity index (χ0v) is 24.3. The van der Waals surface area contributed by atoms with Gasteiger partial charge in [0.1, 0.15) is 12.1 Å². The molecular weight excluding hydrogens is 522 g/mol. The molecule has 10 nitrogen and oxygen atoms in total. The van der Waals surface area contributed by atoms with Crippen molar-refractivity contribution in [2.75, 3.05) is 6.54 Å². The summed E-state index contributed by atoms with van der Waals surface area (Å²) in [6.07, 6.45) is 16.6. The lowest BCUT2D eigenvalue weighted by atomic mass is 10.0. The van der Waals surface area contributed by atoms with Crippen LogP contribution >= 0.6 is 0 Å². The molecule has 0 bridgehead atoms. The largest absolute Gasteiger partial charge is 0.480 e. The van der Waals surface area contributed by atoms with Gasteiger partial charge < -0.3 is 26.0 Å². The molecule has 41 heavy (non-hydrogen) atoms. The molecule has 3 amide bonds. The molecule has 0 radical (unpaired) electrons. The van der Waals surface area contributed by atoms with Crippen LogP contribution in [0, 0.1) is 0 Å². The predicted octanol–water partition coefficient (Wildman–Crippen LogP) is 4.07. The van der Waals surface area contributed by atoms with Gasteiger partial charge in [0.05, 0.1) is 12.9 Å². The fourth-order valence-electron chi connectivity index (χ4n) is 4.61. The van der Waals surface area contributed by atoms with Gasteiger partial charge in [0.25, 0.3) is 0 Å². The van der Waals surface area contributed by atoms with Gasteiger partial charge in [0, 0.05) is 31.2 Å². The second-order valence-corrected chi connectivity index (χ2v) is 10.6. The number of carbonyl (C=O) groups excluding carboxylic acids is 3. The molecule has 1 heterocycles. The number of carboxylic acids is 1. The van der Waals surface area contributed by atoms with Gasteiger partial charge in [-0.1, -0.05) is 101 Å². The Labute approximate surface area is 243 Å². The average Bonchev–Trinajstić information content (AvgIpc) is 3.48. The summed E-state index contributed by atoms with van der Waals surface area (Å²) in [5, 5.41) is 17.4. The van der Waals surface area contributed by atoms with Crippen LogP contribution in [-0.4, -0.2) is 57.4 Å². The maximum atomic E-state index is 13.1. The average molecular weight is 570 g/mol. The topological polar surface area (TPSA) is 153 Å². The monoisotopic (exact) mass is 569 g/mol. The number of amides is 3. The maximum absolute atomic E-state index is 13.1. The summed E-state index contributed by atoms with van der Waals surface area (Å²) in [4.78, 5) is 56.6. The summed E-state index contributed by atoms with van der Waals surface area (Å²) < 4.78 is 0. The number of hydrogen-bond acceptors (Lipinski definition) is 5. The van der Waals surface area contributed by atoms with E-state index in [-0.39, 0.29) is 25.3 Å². The van der Waals surface area contributed by atoms with Gasteiger partial charge in [-0.25, -0.2) is 9.78 Å². The molecule has 0 saturated heterocycles. The van der Waals surface area contributed by atoms with Crippen LogP contribution < -0.4 is 16.0 Å². The third-order valence-corrected chi connectivity index (χ3v) is 6.98. The van der Waals surface area contributed by atoms with Crippen LogP contribution in [-0.2, 0) is 32.0 Å². The molecule has 5 N–H and O–H groups in total. The van der Waals surface area contributed by atoms with Crippen LogP contribution in [0.5, 0.6) is 0 Å². The van der Waals surface area contributed by atoms with Crippen molar-refractivity contribution in [1.29, 1.82) is 0 Å². The SMILES string of the molecule is CCCCCCCCCCCCCC(=O)NCC(=O)N[C@@H](Cc1cnc[nH]1)C(=O)N[C@@H](Cc1ccccc1)C(=O)O. The van der Waals surface area contributed by atoms with Crippen molar-refractivity contribution in [3.8, 4) is 0 Å². The summed E-state index contributed by atoms with van der Waals surface area (Å²) >= 11 is 0. The van der Waals surface area contributed by atoms with Crippen molar-refractivity contribution in [2.24, 2.45) is 0 Å². The lowest BCUT2D eigenvalue weighted by Crippen LogP contribution is -2.54. The van der Waals surface area contributed by atoms with E-state index in [1.54, 1.807) is 24.3 Å². The standard InChI is InChI=1S/C31H47N5O5/c1-2-3-4-5-6-7-8-9-10-11-15-18-28(37)33-22-29(38)35-26(20-25-21-32-23-34-25)30(39)36-27(31(40)41)19-24-16-13-12-14-17-24/h12-14,16-17,21,23,26-27H,2-11,15,18-20,22H2,1H3,(H,32,34)(H,33,37)(H,35,38)(H,36,39)(H,40,41)/t26-,27-/m0/s1. The molecular formula is C31H47N5O5. The fraction of sp³-hybridized carbons (Fsp3) is 0.581. The van der Waals surface area contributed by atoms with Gasteiger partial charge in [-0.05, 0) is 12.0 Å². The van der Waals surface area contributed by atoms with Gasteiger partial charge in [-0.15, -0.1) is 0 Å². The first-order valence-corrected chi connectivity index (χ1v) is 15.0. The Morgan fingerprint density at radius 1 is 0.805 bits per heavy atom. The molecule has 2 rings (SSSR count). The molecule has 0 aliphatic rings. The van der Waals surface area contributed by atoms with E-state index in [0.717, 1.165) is 24.8 Å². The van der Waals surface area contributed by atoms with E-state index in [0.29, 0.717) is 12.1 Å². The molecule has 10 heteroatoms. The third-order valence-electron chi connectivity index (χ3n) is 6.98. The molecule has 0 saturated carbocycles. The summed E-state index contributed by atoms with van der Waals surface area (Å²) in [5.74, 6) is -2.56.